The molecular formula is C28H28N2O2. The SMILES string of the molecule is CCNc1ccc(C=CC2=CC(=C3C(=O)c4ccccc4C3=O)C=C(C)N2CC)c(C)c1. The van der Waals surface area contributed by atoms with Gasteiger partial charge in [0, 0.05) is 41.3 Å². The van der Waals surface area contributed by atoms with Gasteiger partial charge in [-0.05, 0) is 74.8 Å². The molecule has 0 saturated heterocycles. The normalized spacial score (nSPS) is 15.9. The first kappa shape index (κ1) is 21.6. The maximum Gasteiger partial charge on any atom is 0.198 e. The van der Waals surface area contributed by atoms with Gasteiger partial charge in [-0.2, -0.15) is 0 Å². The summed E-state index contributed by atoms with van der Waals surface area (Å²) in [5, 5.41) is 3.33. The van der Waals surface area contributed by atoms with E-state index >= 15 is 0 Å². The van der Waals surface area contributed by atoms with E-state index < -0.39 is 0 Å². The van der Waals surface area contributed by atoms with Gasteiger partial charge in [0.25, 0.3) is 0 Å². The lowest BCUT2D eigenvalue weighted by Crippen LogP contribution is -2.23. The van der Waals surface area contributed by atoms with Gasteiger partial charge in [-0.1, -0.05) is 36.4 Å². The van der Waals surface area contributed by atoms with Crippen LogP contribution in [0.3, 0.4) is 0 Å². The average Bonchev–Trinajstić information content (AvgIpc) is 3.03. The Morgan fingerprint density at radius 2 is 1.59 bits per heavy atom. The Morgan fingerprint density at radius 3 is 2.19 bits per heavy atom. The Balaban J connectivity index is 1.74. The van der Waals surface area contributed by atoms with Crippen LogP contribution in [0.4, 0.5) is 5.69 Å². The molecule has 0 aromatic heterocycles. The monoisotopic (exact) mass is 424 g/mol. The van der Waals surface area contributed by atoms with Gasteiger partial charge in [0.1, 0.15) is 0 Å². The molecule has 1 aliphatic carbocycles. The fourth-order valence-corrected chi connectivity index (χ4v) is 4.37. The van der Waals surface area contributed by atoms with E-state index in [1.165, 1.54) is 5.56 Å². The fraction of sp³-hybridized carbons (Fsp3) is 0.214. The molecule has 4 rings (SSSR count). The summed E-state index contributed by atoms with van der Waals surface area (Å²) in [6, 6.07) is 13.4. The molecule has 32 heavy (non-hydrogen) atoms. The molecule has 0 bridgehead atoms. The van der Waals surface area contributed by atoms with Crippen molar-refractivity contribution < 1.29 is 9.59 Å². The second-order valence-corrected chi connectivity index (χ2v) is 8.07. The summed E-state index contributed by atoms with van der Waals surface area (Å²) in [5.41, 5.74) is 7.31. The first-order valence-electron chi connectivity index (χ1n) is 11.1. The van der Waals surface area contributed by atoms with Crippen LogP contribution in [0.2, 0.25) is 0 Å². The second-order valence-electron chi connectivity index (χ2n) is 8.07. The van der Waals surface area contributed by atoms with Crippen LogP contribution in [0.25, 0.3) is 6.08 Å². The lowest BCUT2D eigenvalue weighted by Gasteiger charge is -2.29. The predicted octanol–water partition coefficient (Wildman–Crippen LogP) is 5.94. The minimum absolute atomic E-state index is 0.191. The van der Waals surface area contributed by atoms with Gasteiger partial charge in [0.2, 0.25) is 0 Å². The van der Waals surface area contributed by atoms with Gasteiger partial charge in [-0.15, -0.1) is 0 Å². The van der Waals surface area contributed by atoms with Crippen molar-refractivity contribution >= 4 is 23.3 Å². The highest BCUT2D eigenvalue weighted by Crippen LogP contribution is 2.33. The molecule has 0 amide bonds. The molecule has 2 aromatic rings. The molecule has 0 saturated carbocycles. The first-order chi connectivity index (χ1) is 15.4. The van der Waals surface area contributed by atoms with Crippen LogP contribution in [-0.2, 0) is 0 Å². The Hall–Kier alpha value is -3.66. The molecule has 4 heteroatoms. The van der Waals surface area contributed by atoms with Gasteiger partial charge in [0.05, 0.1) is 5.57 Å². The number of ketones is 2. The highest BCUT2D eigenvalue weighted by Gasteiger charge is 2.35. The molecule has 1 N–H and O–H groups in total. The summed E-state index contributed by atoms with van der Waals surface area (Å²) in [6.07, 6.45) is 8.04. The number of nitrogens with zero attached hydrogens (tertiary/aromatic N) is 1. The van der Waals surface area contributed by atoms with Gasteiger partial charge >= 0.3 is 0 Å². The second kappa shape index (κ2) is 8.83. The van der Waals surface area contributed by atoms with Crippen molar-refractivity contribution in [1.29, 1.82) is 0 Å². The zero-order valence-electron chi connectivity index (χ0n) is 19.0. The Bertz CT molecular complexity index is 1190. The lowest BCUT2D eigenvalue weighted by atomic mass is 9.98. The van der Waals surface area contributed by atoms with E-state index in [0.717, 1.165) is 35.7 Å². The van der Waals surface area contributed by atoms with Crippen LogP contribution in [0, 0.1) is 6.92 Å². The number of hydrogen-bond donors (Lipinski definition) is 1. The zero-order valence-corrected chi connectivity index (χ0v) is 19.0. The quantitative estimate of drug-likeness (QED) is 0.477. The number of rotatable bonds is 5. The lowest BCUT2D eigenvalue weighted by molar-refractivity contribution is 0.0988. The van der Waals surface area contributed by atoms with Crippen LogP contribution < -0.4 is 5.32 Å². The van der Waals surface area contributed by atoms with E-state index in [2.05, 4.69) is 61.3 Å². The van der Waals surface area contributed by atoms with E-state index in [4.69, 9.17) is 0 Å². The summed E-state index contributed by atoms with van der Waals surface area (Å²) in [4.78, 5) is 28.2. The van der Waals surface area contributed by atoms with Crippen molar-refractivity contribution in [2.75, 3.05) is 18.4 Å². The van der Waals surface area contributed by atoms with E-state index in [1.807, 2.05) is 19.1 Å². The van der Waals surface area contributed by atoms with E-state index in [9.17, 15) is 9.59 Å². The maximum atomic E-state index is 13.0. The predicted molar refractivity (Wildman–Crippen MR) is 131 cm³/mol. The third kappa shape index (κ3) is 3.84. The van der Waals surface area contributed by atoms with E-state index in [-0.39, 0.29) is 17.1 Å². The highest BCUT2D eigenvalue weighted by molar-refractivity contribution is 6.40. The minimum atomic E-state index is -0.191. The van der Waals surface area contributed by atoms with E-state index in [1.54, 1.807) is 24.3 Å². The summed E-state index contributed by atoms with van der Waals surface area (Å²) in [6.45, 7) is 9.96. The third-order valence-electron chi connectivity index (χ3n) is 5.96. The zero-order chi connectivity index (χ0) is 22.8. The summed E-state index contributed by atoms with van der Waals surface area (Å²) in [5.74, 6) is -0.381. The average molecular weight is 425 g/mol. The topological polar surface area (TPSA) is 49.4 Å². The molecule has 1 heterocycles. The number of nitrogens with one attached hydrogen (secondary N) is 1. The Kier molecular flexibility index (Phi) is 5.95. The van der Waals surface area contributed by atoms with Crippen molar-refractivity contribution in [3.05, 3.63) is 105 Å². The smallest absolute Gasteiger partial charge is 0.198 e. The largest absolute Gasteiger partial charge is 0.385 e. The minimum Gasteiger partial charge on any atom is -0.385 e. The van der Waals surface area contributed by atoms with Gasteiger partial charge < -0.3 is 10.2 Å². The molecule has 4 nitrogen and oxygen atoms in total. The van der Waals surface area contributed by atoms with E-state index in [0.29, 0.717) is 16.7 Å². The number of likely N-dealkylation sites (N-methyl/N-ethyl adjacent to an activating group) is 1. The summed E-state index contributed by atoms with van der Waals surface area (Å²) in [7, 11) is 0. The van der Waals surface area contributed by atoms with Crippen molar-refractivity contribution in [2.24, 2.45) is 0 Å². The van der Waals surface area contributed by atoms with Crippen molar-refractivity contribution in [3.63, 3.8) is 0 Å². The van der Waals surface area contributed by atoms with Gasteiger partial charge in [0.15, 0.2) is 11.6 Å². The number of Topliss-reactive ketones (excluding diaryl/α,β-unsaturated/α-hetero) is 2. The number of benzene rings is 2. The molecule has 0 radical (unpaired) electrons. The van der Waals surface area contributed by atoms with Gasteiger partial charge in [-0.25, -0.2) is 0 Å². The highest BCUT2D eigenvalue weighted by atomic mass is 16.2. The van der Waals surface area contributed by atoms with Crippen LogP contribution in [0.15, 0.2) is 83.2 Å². The number of fused-ring (bicyclic) bond motifs is 1. The number of aryl methyl sites for hydroxylation is 1. The molecule has 0 fully saturated rings. The Labute approximate surface area is 189 Å². The van der Waals surface area contributed by atoms with Crippen molar-refractivity contribution in [1.82, 2.24) is 4.90 Å². The maximum absolute atomic E-state index is 13.0. The molecule has 0 atom stereocenters. The van der Waals surface area contributed by atoms with Crippen LogP contribution in [0.5, 0.6) is 0 Å². The number of carbonyl (C=O) groups is 2. The van der Waals surface area contributed by atoms with Crippen LogP contribution in [-0.4, -0.2) is 29.6 Å². The molecule has 2 aliphatic rings. The number of allylic oxidation sites excluding steroid dienone is 6. The molecule has 0 spiro atoms. The molecule has 0 unspecified atom stereocenters. The van der Waals surface area contributed by atoms with Crippen molar-refractivity contribution in [3.8, 4) is 0 Å². The summed E-state index contributed by atoms with van der Waals surface area (Å²) >= 11 is 0. The third-order valence-corrected chi connectivity index (χ3v) is 5.96. The molecule has 2 aromatic carbocycles. The fourth-order valence-electron chi connectivity index (χ4n) is 4.37. The van der Waals surface area contributed by atoms with Gasteiger partial charge in [-0.3, -0.25) is 9.59 Å². The first-order valence-corrected chi connectivity index (χ1v) is 11.1. The van der Waals surface area contributed by atoms with Crippen LogP contribution in [0.1, 0.15) is 52.6 Å². The molecule has 1 aliphatic heterocycles. The Morgan fingerprint density at radius 1 is 0.906 bits per heavy atom. The summed E-state index contributed by atoms with van der Waals surface area (Å²) < 4.78 is 0. The number of anilines is 1. The molecule has 162 valence electrons. The van der Waals surface area contributed by atoms with Crippen molar-refractivity contribution in [2.45, 2.75) is 27.7 Å². The number of carbonyl (C=O) groups excluding carboxylic acids is 2. The number of hydrogen-bond acceptors (Lipinski definition) is 4. The van der Waals surface area contributed by atoms with Crippen LogP contribution >= 0.6 is 0 Å². The molecular weight excluding hydrogens is 396 g/mol. The standard InChI is InChI=1S/C28H28N2O2/c1-5-29-22-13-11-20(18(3)15-22)12-14-23-17-21(16-19(4)30(23)6-2)26-27(31)24-9-7-8-10-25(24)28(26)32/h7-17,29H,5-6H2,1-4H3.